The molecule has 17 heavy (non-hydrogen) atoms. The van der Waals surface area contributed by atoms with Crippen molar-refractivity contribution in [2.24, 2.45) is 5.41 Å². The van der Waals surface area contributed by atoms with Crippen LogP contribution >= 0.6 is 11.6 Å². The van der Waals surface area contributed by atoms with E-state index in [1.807, 2.05) is 18.2 Å². The van der Waals surface area contributed by atoms with Gasteiger partial charge < -0.3 is 15.8 Å². The summed E-state index contributed by atoms with van der Waals surface area (Å²) in [6.45, 7) is 4.38. The van der Waals surface area contributed by atoms with Crippen molar-refractivity contribution in [3.63, 3.8) is 0 Å². The van der Waals surface area contributed by atoms with E-state index in [-0.39, 0.29) is 5.41 Å². The molecule has 0 spiro atoms. The van der Waals surface area contributed by atoms with Crippen molar-refractivity contribution < 1.29 is 4.74 Å². The van der Waals surface area contributed by atoms with E-state index in [1.165, 1.54) is 0 Å². The van der Waals surface area contributed by atoms with E-state index in [0.717, 1.165) is 12.1 Å². The second kappa shape index (κ2) is 4.39. The molecule has 0 radical (unpaired) electrons. The Morgan fingerprint density at radius 3 is 2.71 bits per heavy atom. The minimum absolute atomic E-state index is 0.0976. The molecule has 2 atom stereocenters. The third-order valence-corrected chi connectivity index (χ3v) is 4.14. The summed E-state index contributed by atoms with van der Waals surface area (Å²) in [5.41, 5.74) is 7.55. The Morgan fingerprint density at radius 1 is 1.47 bits per heavy atom. The molecular formula is C13H19ClN2O. The molecule has 1 aliphatic rings. The van der Waals surface area contributed by atoms with Crippen LogP contribution in [0.15, 0.2) is 18.2 Å². The quantitative estimate of drug-likeness (QED) is 0.815. The summed E-state index contributed by atoms with van der Waals surface area (Å²) in [6, 6.07) is 5.90. The zero-order valence-corrected chi connectivity index (χ0v) is 11.2. The van der Waals surface area contributed by atoms with Gasteiger partial charge in [0.2, 0.25) is 0 Å². The van der Waals surface area contributed by atoms with Crippen LogP contribution in [-0.2, 0) is 4.74 Å². The maximum atomic E-state index is 6.14. The normalized spacial score (nSPS) is 26.4. The molecule has 3 N–H and O–H groups in total. The summed E-state index contributed by atoms with van der Waals surface area (Å²) in [7, 11) is 1.76. The number of hydrogen-bond acceptors (Lipinski definition) is 3. The van der Waals surface area contributed by atoms with Gasteiger partial charge in [-0.1, -0.05) is 31.5 Å². The zero-order valence-electron chi connectivity index (χ0n) is 10.5. The number of ether oxygens (including phenoxy) is 1. The summed E-state index contributed by atoms with van der Waals surface area (Å²) < 4.78 is 5.43. The second-order valence-electron chi connectivity index (χ2n) is 5.18. The van der Waals surface area contributed by atoms with E-state index in [9.17, 15) is 0 Å². The van der Waals surface area contributed by atoms with Crippen LogP contribution in [-0.4, -0.2) is 19.3 Å². The lowest BCUT2D eigenvalue weighted by atomic mass is 9.64. The zero-order chi connectivity index (χ0) is 12.6. The summed E-state index contributed by atoms with van der Waals surface area (Å²) in [5.74, 6) is 0. The van der Waals surface area contributed by atoms with Crippen molar-refractivity contribution in [3.05, 3.63) is 23.2 Å². The van der Waals surface area contributed by atoms with Crippen LogP contribution < -0.4 is 11.1 Å². The van der Waals surface area contributed by atoms with E-state index in [4.69, 9.17) is 22.1 Å². The average Bonchev–Trinajstić information content (AvgIpc) is 2.26. The Morgan fingerprint density at radius 2 is 2.18 bits per heavy atom. The molecule has 2 unspecified atom stereocenters. The lowest BCUT2D eigenvalue weighted by Gasteiger charge is -2.51. The lowest BCUT2D eigenvalue weighted by Crippen LogP contribution is -2.57. The highest BCUT2D eigenvalue weighted by Gasteiger charge is 2.48. The van der Waals surface area contributed by atoms with Gasteiger partial charge in [-0.3, -0.25) is 0 Å². The number of methoxy groups -OCH3 is 1. The third kappa shape index (κ3) is 2.09. The van der Waals surface area contributed by atoms with Crippen LogP contribution in [0, 0.1) is 5.41 Å². The first-order valence-corrected chi connectivity index (χ1v) is 6.18. The van der Waals surface area contributed by atoms with Crippen LogP contribution in [0.2, 0.25) is 5.02 Å². The summed E-state index contributed by atoms with van der Waals surface area (Å²) in [4.78, 5) is 0. The smallest absolute Gasteiger partial charge is 0.0765 e. The molecule has 1 aliphatic carbocycles. The predicted molar refractivity (Wildman–Crippen MR) is 72.5 cm³/mol. The first-order valence-electron chi connectivity index (χ1n) is 5.80. The van der Waals surface area contributed by atoms with E-state index >= 15 is 0 Å². The van der Waals surface area contributed by atoms with Gasteiger partial charge in [0, 0.05) is 18.6 Å². The van der Waals surface area contributed by atoms with E-state index in [1.54, 1.807) is 7.11 Å². The first kappa shape index (κ1) is 12.5. The van der Waals surface area contributed by atoms with Gasteiger partial charge in [-0.2, -0.15) is 0 Å². The molecule has 1 saturated carbocycles. The van der Waals surface area contributed by atoms with Gasteiger partial charge in [0.05, 0.1) is 22.5 Å². The van der Waals surface area contributed by atoms with Crippen LogP contribution in [0.3, 0.4) is 0 Å². The van der Waals surface area contributed by atoms with Crippen LogP contribution in [0.5, 0.6) is 0 Å². The Hall–Kier alpha value is -0.930. The maximum absolute atomic E-state index is 6.14. The Balaban J connectivity index is 2.13. The molecule has 0 aromatic heterocycles. The third-order valence-electron chi connectivity index (χ3n) is 3.83. The largest absolute Gasteiger partial charge is 0.397 e. The van der Waals surface area contributed by atoms with Crippen molar-refractivity contribution in [2.75, 3.05) is 18.2 Å². The Kier molecular flexibility index (Phi) is 3.23. The molecule has 0 bridgehead atoms. The Bertz CT molecular complexity index is 400. The molecule has 1 fully saturated rings. The molecule has 0 amide bonds. The van der Waals surface area contributed by atoms with E-state index in [0.29, 0.717) is 22.9 Å². The van der Waals surface area contributed by atoms with Crippen LogP contribution in [0.1, 0.15) is 20.3 Å². The highest BCUT2D eigenvalue weighted by atomic mass is 35.5. The maximum Gasteiger partial charge on any atom is 0.0765 e. The number of hydrogen-bond donors (Lipinski definition) is 2. The van der Waals surface area contributed by atoms with Crippen LogP contribution in [0.25, 0.3) is 0 Å². The van der Waals surface area contributed by atoms with Crippen molar-refractivity contribution in [2.45, 2.75) is 32.4 Å². The van der Waals surface area contributed by atoms with Gasteiger partial charge in [0.15, 0.2) is 0 Å². The minimum Gasteiger partial charge on any atom is -0.397 e. The predicted octanol–water partition coefficient (Wildman–Crippen LogP) is 3.15. The number of anilines is 2. The Labute approximate surface area is 107 Å². The summed E-state index contributed by atoms with van der Waals surface area (Å²) in [5, 5.41) is 4.10. The molecule has 1 aromatic rings. The fraction of sp³-hybridized carbons (Fsp3) is 0.538. The lowest BCUT2D eigenvalue weighted by molar-refractivity contribution is -0.0794. The monoisotopic (exact) mass is 254 g/mol. The van der Waals surface area contributed by atoms with E-state index < -0.39 is 0 Å². The highest BCUT2D eigenvalue weighted by Crippen LogP contribution is 2.45. The first-order chi connectivity index (χ1) is 7.96. The van der Waals surface area contributed by atoms with E-state index in [2.05, 4.69) is 19.2 Å². The molecule has 0 saturated heterocycles. The number of nitrogen functional groups attached to an aromatic ring is 1. The number of para-hydroxylation sites is 1. The number of nitrogens with two attached hydrogens (primary N) is 1. The fourth-order valence-electron chi connectivity index (χ4n) is 2.40. The van der Waals surface area contributed by atoms with Crippen LogP contribution in [0.4, 0.5) is 11.4 Å². The number of benzene rings is 1. The molecular weight excluding hydrogens is 236 g/mol. The second-order valence-corrected chi connectivity index (χ2v) is 5.59. The molecule has 2 rings (SSSR count). The van der Waals surface area contributed by atoms with Crippen molar-refractivity contribution in [3.8, 4) is 0 Å². The summed E-state index contributed by atoms with van der Waals surface area (Å²) >= 11 is 6.14. The molecule has 1 aromatic carbocycles. The van der Waals surface area contributed by atoms with Gasteiger partial charge in [-0.15, -0.1) is 0 Å². The molecule has 0 aliphatic heterocycles. The van der Waals surface area contributed by atoms with Crippen molar-refractivity contribution in [1.82, 2.24) is 0 Å². The molecule has 94 valence electrons. The molecule has 4 heteroatoms. The number of nitrogens with one attached hydrogen (secondary N) is 1. The minimum atomic E-state index is 0.0976. The molecule has 0 heterocycles. The SMILES string of the molecule is COC1CC(Nc2c(N)cccc2Cl)C1(C)C. The van der Waals surface area contributed by atoms with Crippen molar-refractivity contribution >= 4 is 23.0 Å². The topological polar surface area (TPSA) is 47.3 Å². The van der Waals surface area contributed by atoms with Gasteiger partial charge in [-0.25, -0.2) is 0 Å². The number of rotatable bonds is 3. The average molecular weight is 255 g/mol. The fourth-order valence-corrected chi connectivity index (χ4v) is 2.63. The van der Waals surface area contributed by atoms with Crippen molar-refractivity contribution in [1.29, 1.82) is 0 Å². The molecule has 3 nitrogen and oxygen atoms in total. The van der Waals surface area contributed by atoms with Gasteiger partial charge in [-0.05, 0) is 18.6 Å². The highest BCUT2D eigenvalue weighted by molar-refractivity contribution is 6.33. The summed E-state index contributed by atoms with van der Waals surface area (Å²) in [6.07, 6.45) is 1.28. The van der Waals surface area contributed by atoms with Gasteiger partial charge in [0.25, 0.3) is 0 Å². The van der Waals surface area contributed by atoms with Gasteiger partial charge >= 0.3 is 0 Å². The standard InChI is InChI=1S/C13H19ClN2O/c1-13(2)10(7-11(13)17-3)16-12-8(14)5-4-6-9(12)15/h4-6,10-11,16H,7,15H2,1-3H3. The van der Waals surface area contributed by atoms with Gasteiger partial charge in [0.1, 0.15) is 0 Å². The number of halogens is 1.